The Labute approximate surface area is 161 Å². The third-order valence-corrected chi connectivity index (χ3v) is 6.05. The van der Waals surface area contributed by atoms with Crippen molar-refractivity contribution in [3.8, 4) is 11.1 Å². The van der Waals surface area contributed by atoms with Crippen LogP contribution in [0.25, 0.3) is 11.1 Å². The molecule has 0 heterocycles. The van der Waals surface area contributed by atoms with Crippen molar-refractivity contribution < 1.29 is 27.3 Å². The molecule has 0 spiro atoms. The molecule has 0 saturated carbocycles. The normalized spacial score (nSPS) is 15.0. The Kier molecular flexibility index (Phi) is 6.84. The zero-order valence-corrected chi connectivity index (χ0v) is 15.7. The number of halogens is 3. The van der Waals surface area contributed by atoms with Crippen LogP contribution >= 0.6 is 0 Å². The summed E-state index contributed by atoms with van der Waals surface area (Å²) in [6, 6.07) is 11.4. The summed E-state index contributed by atoms with van der Waals surface area (Å²) in [7, 11) is -3.26. The topological polar surface area (TPSA) is 104 Å². The van der Waals surface area contributed by atoms with Crippen LogP contribution < -0.4 is 5.73 Å². The number of carbonyl (C=O) groups is 1. The molecule has 0 amide bonds. The first kappa shape index (κ1) is 21.9. The molecule has 0 saturated heterocycles. The number of aryl methyl sites for hydroxylation is 1. The Morgan fingerprint density at radius 2 is 1.75 bits per heavy atom. The predicted molar refractivity (Wildman–Crippen MR) is 101 cm³/mol. The minimum atomic E-state index is -4.57. The molecule has 0 fully saturated rings. The van der Waals surface area contributed by atoms with Crippen LogP contribution in [0.1, 0.15) is 17.5 Å². The minimum absolute atomic E-state index is 0.0450. The highest BCUT2D eigenvalue weighted by Crippen LogP contribution is 2.34. The molecular weight excluding hydrogens is 393 g/mol. The van der Waals surface area contributed by atoms with Crippen LogP contribution in [0.3, 0.4) is 0 Å². The number of alkyl halides is 3. The van der Waals surface area contributed by atoms with Crippen LogP contribution in [0, 0.1) is 4.78 Å². The molecule has 2 aromatic rings. The van der Waals surface area contributed by atoms with E-state index in [-0.39, 0.29) is 29.9 Å². The molecule has 2 aromatic carbocycles. The zero-order chi connectivity index (χ0) is 20.9. The first-order valence-corrected chi connectivity index (χ1v) is 10.4. The van der Waals surface area contributed by atoms with Gasteiger partial charge in [0.15, 0.2) is 0 Å². The summed E-state index contributed by atoms with van der Waals surface area (Å²) in [5.74, 6) is -1.86. The smallest absolute Gasteiger partial charge is 0.416 e. The van der Waals surface area contributed by atoms with E-state index in [2.05, 4.69) is 0 Å². The number of nitrogens with one attached hydrogen (secondary N) is 1. The molecule has 2 unspecified atom stereocenters. The van der Waals surface area contributed by atoms with Gasteiger partial charge in [0.25, 0.3) is 0 Å². The number of aliphatic carboxylic acids is 1. The number of hydrogen-bond donors (Lipinski definition) is 3. The molecule has 0 aliphatic carbocycles. The third-order valence-electron chi connectivity index (χ3n) is 4.29. The van der Waals surface area contributed by atoms with E-state index in [1.165, 1.54) is 12.1 Å². The molecule has 0 bridgehead atoms. The lowest BCUT2D eigenvalue weighted by Crippen LogP contribution is -2.32. The average Bonchev–Trinajstić information content (AvgIpc) is 2.64. The summed E-state index contributed by atoms with van der Waals surface area (Å²) in [4.78, 5) is 10.7. The van der Waals surface area contributed by atoms with E-state index in [0.717, 1.165) is 11.6 Å². The van der Waals surface area contributed by atoms with Gasteiger partial charge in [-0.05, 0) is 35.6 Å². The Morgan fingerprint density at radius 1 is 1.11 bits per heavy atom. The number of rotatable bonds is 8. The Balaban J connectivity index is 2.23. The monoisotopic (exact) mass is 414 g/mol. The van der Waals surface area contributed by atoms with Gasteiger partial charge in [-0.25, -0.2) is 4.21 Å². The summed E-state index contributed by atoms with van der Waals surface area (Å²) in [5, 5.41) is 8.75. The molecule has 0 aromatic heterocycles. The van der Waals surface area contributed by atoms with E-state index in [0.29, 0.717) is 5.56 Å². The third kappa shape index (κ3) is 6.07. The van der Waals surface area contributed by atoms with Crippen LogP contribution in [0.4, 0.5) is 13.2 Å². The van der Waals surface area contributed by atoms with Crippen LogP contribution in [0.2, 0.25) is 0 Å². The second-order valence-corrected chi connectivity index (χ2v) is 8.88. The highest BCUT2D eigenvalue weighted by molar-refractivity contribution is 7.92. The van der Waals surface area contributed by atoms with Gasteiger partial charge in [0.05, 0.1) is 5.56 Å². The SMILES string of the molecule is N=S(=O)(CCc1cc(-c2ccccc2)ccc1C(F)(F)F)CCC(N)C(=O)O. The van der Waals surface area contributed by atoms with Crippen molar-refractivity contribution in [3.05, 3.63) is 59.7 Å². The van der Waals surface area contributed by atoms with E-state index in [1.54, 1.807) is 30.3 Å². The van der Waals surface area contributed by atoms with Gasteiger partial charge in [0.2, 0.25) is 0 Å². The minimum Gasteiger partial charge on any atom is -0.480 e. The molecule has 28 heavy (non-hydrogen) atoms. The number of benzene rings is 2. The van der Waals surface area contributed by atoms with Crippen LogP contribution in [0.5, 0.6) is 0 Å². The molecule has 2 atom stereocenters. The van der Waals surface area contributed by atoms with E-state index in [1.807, 2.05) is 0 Å². The number of hydrogen-bond acceptors (Lipinski definition) is 4. The molecule has 4 N–H and O–H groups in total. The van der Waals surface area contributed by atoms with Crippen LogP contribution in [-0.2, 0) is 27.1 Å². The van der Waals surface area contributed by atoms with Crippen LogP contribution in [0.15, 0.2) is 48.5 Å². The zero-order valence-electron chi connectivity index (χ0n) is 14.9. The first-order valence-electron chi connectivity index (χ1n) is 8.48. The Hall–Kier alpha value is -2.39. The molecule has 0 radical (unpaired) electrons. The lowest BCUT2D eigenvalue weighted by Gasteiger charge is -2.16. The maximum atomic E-state index is 13.3. The van der Waals surface area contributed by atoms with Gasteiger partial charge in [-0.3, -0.25) is 9.57 Å². The fourth-order valence-corrected chi connectivity index (χ4v) is 4.09. The van der Waals surface area contributed by atoms with Gasteiger partial charge in [0.1, 0.15) is 6.04 Å². The van der Waals surface area contributed by atoms with E-state index in [4.69, 9.17) is 15.6 Å². The van der Waals surface area contributed by atoms with Gasteiger partial charge in [-0.1, -0.05) is 42.5 Å². The van der Waals surface area contributed by atoms with Crippen molar-refractivity contribution in [2.24, 2.45) is 5.73 Å². The largest absolute Gasteiger partial charge is 0.480 e. The Morgan fingerprint density at radius 3 is 2.32 bits per heavy atom. The standard InChI is InChI=1S/C19H21F3N2O3S/c20-19(21,22)16-7-6-14(13-4-2-1-3-5-13)12-15(16)8-10-28(24,27)11-9-17(23)18(25)26/h1-7,12,17,24H,8-11,23H2,(H,25,26). The van der Waals surface area contributed by atoms with Crippen molar-refractivity contribution in [1.29, 1.82) is 4.78 Å². The first-order chi connectivity index (χ1) is 13.0. The van der Waals surface area contributed by atoms with E-state index in [9.17, 15) is 22.2 Å². The van der Waals surface area contributed by atoms with E-state index >= 15 is 0 Å². The average molecular weight is 414 g/mol. The number of carboxylic acids is 1. The Bertz CT molecular complexity index is 929. The summed E-state index contributed by atoms with van der Waals surface area (Å²) in [6.07, 6.45) is -4.95. The lowest BCUT2D eigenvalue weighted by atomic mass is 9.97. The summed E-state index contributed by atoms with van der Waals surface area (Å²) >= 11 is 0. The predicted octanol–water partition coefficient (Wildman–Crippen LogP) is 3.76. The quantitative estimate of drug-likeness (QED) is 0.612. The number of nitrogens with two attached hydrogens (primary N) is 1. The van der Waals surface area contributed by atoms with Crippen molar-refractivity contribution in [3.63, 3.8) is 0 Å². The molecule has 0 aliphatic heterocycles. The second-order valence-electron chi connectivity index (χ2n) is 6.44. The van der Waals surface area contributed by atoms with Gasteiger partial charge in [-0.15, -0.1) is 0 Å². The highest BCUT2D eigenvalue weighted by Gasteiger charge is 2.33. The summed E-state index contributed by atoms with van der Waals surface area (Å²) in [6.45, 7) is 0. The lowest BCUT2D eigenvalue weighted by molar-refractivity contribution is -0.139. The van der Waals surface area contributed by atoms with E-state index < -0.39 is 33.5 Å². The van der Waals surface area contributed by atoms with Gasteiger partial charge in [-0.2, -0.15) is 13.2 Å². The van der Waals surface area contributed by atoms with Crippen LogP contribution in [-0.4, -0.2) is 32.8 Å². The molecule has 2 rings (SSSR count). The maximum absolute atomic E-state index is 13.3. The van der Waals surface area contributed by atoms with Gasteiger partial charge >= 0.3 is 12.1 Å². The summed E-state index contributed by atoms with van der Waals surface area (Å²) in [5.41, 5.74) is 5.80. The number of carboxylic acid groups (broad SMARTS) is 1. The molecule has 5 nitrogen and oxygen atoms in total. The fourth-order valence-electron chi connectivity index (χ4n) is 2.70. The van der Waals surface area contributed by atoms with Gasteiger partial charge in [0, 0.05) is 21.2 Å². The summed E-state index contributed by atoms with van der Waals surface area (Å²) < 4.78 is 60.2. The second kappa shape index (κ2) is 8.74. The molecule has 152 valence electrons. The van der Waals surface area contributed by atoms with Crippen molar-refractivity contribution in [2.45, 2.75) is 25.1 Å². The maximum Gasteiger partial charge on any atom is 0.416 e. The fraction of sp³-hybridized carbons (Fsp3) is 0.316. The van der Waals surface area contributed by atoms with Crippen molar-refractivity contribution in [1.82, 2.24) is 0 Å². The molecule has 0 aliphatic rings. The molecular formula is C19H21F3N2O3S. The van der Waals surface area contributed by atoms with Crippen molar-refractivity contribution in [2.75, 3.05) is 11.5 Å². The molecule has 9 heteroatoms. The van der Waals surface area contributed by atoms with Gasteiger partial charge < -0.3 is 10.8 Å². The van der Waals surface area contributed by atoms with Crippen molar-refractivity contribution >= 4 is 15.7 Å². The highest BCUT2D eigenvalue weighted by atomic mass is 32.2.